The molecular formula is C13H16N2O2. The van der Waals surface area contributed by atoms with Gasteiger partial charge in [-0.1, -0.05) is 24.3 Å². The molecule has 1 aromatic carbocycles. The van der Waals surface area contributed by atoms with Crippen molar-refractivity contribution < 1.29 is 9.53 Å². The molecule has 2 aliphatic heterocycles. The molecule has 0 aliphatic carbocycles. The van der Waals surface area contributed by atoms with E-state index in [9.17, 15) is 4.79 Å². The van der Waals surface area contributed by atoms with E-state index in [1.165, 1.54) is 5.56 Å². The monoisotopic (exact) mass is 232 g/mol. The third-order valence-corrected chi connectivity index (χ3v) is 3.40. The van der Waals surface area contributed by atoms with Gasteiger partial charge in [-0.25, -0.2) is 4.79 Å². The fourth-order valence-corrected chi connectivity index (χ4v) is 2.44. The maximum absolute atomic E-state index is 11.9. The topological polar surface area (TPSA) is 41.6 Å². The number of carbonyl (C=O) groups excluding carboxylic acids is 1. The van der Waals surface area contributed by atoms with Gasteiger partial charge in [0.15, 0.2) is 6.23 Å². The van der Waals surface area contributed by atoms with Crippen molar-refractivity contribution in [3.63, 3.8) is 0 Å². The van der Waals surface area contributed by atoms with Gasteiger partial charge in [0.2, 0.25) is 0 Å². The summed E-state index contributed by atoms with van der Waals surface area (Å²) < 4.78 is 5.50. The van der Waals surface area contributed by atoms with Crippen LogP contribution in [0.1, 0.15) is 30.2 Å². The minimum atomic E-state index is -0.278. The van der Waals surface area contributed by atoms with Crippen molar-refractivity contribution in [1.29, 1.82) is 0 Å². The van der Waals surface area contributed by atoms with Crippen LogP contribution in [-0.4, -0.2) is 24.1 Å². The summed E-state index contributed by atoms with van der Waals surface area (Å²) >= 11 is 0. The van der Waals surface area contributed by atoms with Gasteiger partial charge in [0.05, 0.1) is 0 Å². The molecule has 4 nitrogen and oxygen atoms in total. The minimum Gasteiger partial charge on any atom is -0.426 e. The zero-order valence-corrected chi connectivity index (χ0v) is 9.69. The predicted molar refractivity (Wildman–Crippen MR) is 63.3 cm³/mol. The first kappa shape index (κ1) is 10.6. The Hall–Kier alpha value is -1.55. The van der Waals surface area contributed by atoms with Gasteiger partial charge in [-0.05, 0) is 18.4 Å². The Morgan fingerprint density at radius 2 is 2.06 bits per heavy atom. The number of ether oxygens (including phenoxy) is 1. The molecule has 3 rings (SSSR count). The van der Waals surface area contributed by atoms with Crippen molar-refractivity contribution >= 4 is 6.09 Å². The van der Waals surface area contributed by atoms with E-state index < -0.39 is 0 Å². The van der Waals surface area contributed by atoms with Crippen molar-refractivity contribution in [3.8, 4) is 0 Å². The molecule has 1 amide bonds. The summed E-state index contributed by atoms with van der Waals surface area (Å²) in [5.41, 5.74) is 2.30. The van der Waals surface area contributed by atoms with Crippen LogP contribution < -0.4 is 5.32 Å². The highest BCUT2D eigenvalue weighted by molar-refractivity contribution is 5.68. The summed E-state index contributed by atoms with van der Waals surface area (Å²) in [6.07, 6.45) is 1.70. The number of nitrogens with one attached hydrogen (secondary N) is 1. The normalized spacial score (nSPS) is 22.6. The quantitative estimate of drug-likeness (QED) is 0.805. The largest absolute Gasteiger partial charge is 0.426 e. The van der Waals surface area contributed by atoms with Gasteiger partial charge in [0.25, 0.3) is 0 Å². The minimum absolute atomic E-state index is 0.197. The molecule has 1 fully saturated rings. The Bertz CT molecular complexity index is 427. The number of rotatable bonds is 1. The van der Waals surface area contributed by atoms with E-state index in [1.54, 1.807) is 4.90 Å². The second-order valence-corrected chi connectivity index (χ2v) is 4.54. The van der Waals surface area contributed by atoms with Gasteiger partial charge in [0.1, 0.15) is 0 Å². The first-order valence-corrected chi connectivity index (χ1v) is 6.11. The third kappa shape index (κ3) is 2.00. The molecule has 4 heteroatoms. The molecular weight excluding hydrogens is 216 g/mol. The summed E-state index contributed by atoms with van der Waals surface area (Å²) in [6.45, 7) is 2.43. The maximum atomic E-state index is 11.9. The van der Waals surface area contributed by atoms with Crippen LogP contribution >= 0.6 is 0 Å². The maximum Gasteiger partial charge on any atom is 0.411 e. The number of hydrogen-bond acceptors (Lipinski definition) is 3. The van der Waals surface area contributed by atoms with E-state index in [2.05, 4.69) is 11.4 Å². The average Bonchev–Trinajstić information content (AvgIpc) is 2.98. The third-order valence-electron chi connectivity index (χ3n) is 3.40. The predicted octanol–water partition coefficient (Wildman–Crippen LogP) is 2.02. The average molecular weight is 232 g/mol. The molecule has 1 saturated heterocycles. The van der Waals surface area contributed by atoms with Crippen LogP contribution in [0.15, 0.2) is 24.3 Å². The molecule has 0 radical (unpaired) electrons. The zero-order valence-electron chi connectivity index (χ0n) is 9.69. The van der Waals surface area contributed by atoms with Crippen LogP contribution in [0, 0.1) is 0 Å². The van der Waals surface area contributed by atoms with Crippen LogP contribution in [0.2, 0.25) is 0 Å². The molecule has 0 spiro atoms. The van der Waals surface area contributed by atoms with Gasteiger partial charge >= 0.3 is 6.09 Å². The molecule has 17 heavy (non-hydrogen) atoms. The molecule has 1 aromatic rings. The molecule has 2 aliphatic rings. The molecule has 0 aromatic heterocycles. The van der Waals surface area contributed by atoms with Gasteiger partial charge in [-0.15, -0.1) is 0 Å². The SMILES string of the molecule is O=C(OC1NCc2ccccc21)N1CCCC1. The number of carbonyl (C=O) groups is 1. The standard InChI is InChI=1S/C13H16N2O2/c16-13(15-7-3-4-8-15)17-12-11-6-2-1-5-10(11)9-14-12/h1-2,5-6,12,14H,3-4,7-9H2. The van der Waals surface area contributed by atoms with E-state index in [0.29, 0.717) is 0 Å². The number of likely N-dealkylation sites (tertiary alicyclic amines) is 1. The highest BCUT2D eigenvalue weighted by atomic mass is 16.6. The second kappa shape index (κ2) is 4.37. The van der Waals surface area contributed by atoms with Crippen molar-refractivity contribution in [2.45, 2.75) is 25.6 Å². The number of amides is 1. The molecule has 1 atom stereocenters. The van der Waals surface area contributed by atoms with Crippen molar-refractivity contribution in [1.82, 2.24) is 10.2 Å². The Morgan fingerprint density at radius 1 is 1.29 bits per heavy atom. The van der Waals surface area contributed by atoms with Gasteiger partial charge in [-0.3, -0.25) is 5.32 Å². The van der Waals surface area contributed by atoms with Crippen LogP contribution in [0.25, 0.3) is 0 Å². The number of benzene rings is 1. The highest BCUT2D eigenvalue weighted by Crippen LogP contribution is 2.26. The van der Waals surface area contributed by atoms with E-state index in [4.69, 9.17) is 4.74 Å². The summed E-state index contributed by atoms with van der Waals surface area (Å²) in [7, 11) is 0. The van der Waals surface area contributed by atoms with Crippen LogP contribution in [0.4, 0.5) is 4.79 Å². The molecule has 1 unspecified atom stereocenters. The molecule has 90 valence electrons. The van der Waals surface area contributed by atoms with Gasteiger partial charge < -0.3 is 9.64 Å². The van der Waals surface area contributed by atoms with Crippen molar-refractivity contribution in [2.75, 3.05) is 13.1 Å². The lowest BCUT2D eigenvalue weighted by Gasteiger charge is -2.19. The number of fused-ring (bicyclic) bond motifs is 1. The molecule has 0 saturated carbocycles. The lowest BCUT2D eigenvalue weighted by atomic mass is 10.1. The van der Waals surface area contributed by atoms with Crippen LogP contribution in [0.5, 0.6) is 0 Å². The first-order chi connectivity index (χ1) is 8.34. The Balaban J connectivity index is 1.68. The van der Waals surface area contributed by atoms with E-state index in [1.807, 2.05) is 18.2 Å². The number of hydrogen-bond donors (Lipinski definition) is 1. The van der Waals surface area contributed by atoms with Crippen molar-refractivity contribution in [3.05, 3.63) is 35.4 Å². The Morgan fingerprint density at radius 3 is 2.88 bits per heavy atom. The molecule has 2 heterocycles. The molecule has 1 N–H and O–H groups in total. The van der Waals surface area contributed by atoms with Gasteiger partial charge in [0, 0.05) is 25.2 Å². The van der Waals surface area contributed by atoms with E-state index >= 15 is 0 Å². The molecule has 0 bridgehead atoms. The van der Waals surface area contributed by atoms with Gasteiger partial charge in [-0.2, -0.15) is 0 Å². The van der Waals surface area contributed by atoms with Crippen LogP contribution in [-0.2, 0) is 11.3 Å². The summed E-state index contributed by atoms with van der Waals surface area (Å²) in [6, 6.07) is 8.05. The number of nitrogens with zero attached hydrogens (tertiary/aromatic N) is 1. The fourth-order valence-electron chi connectivity index (χ4n) is 2.44. The van der Waals surface area contributed by atoms with E-state index in [0.717, 1.165) is 38.0 Å². The lowest BCUT2D eigenvalue weighted by molar-refractivity contribution is 0.0569. The van der Waals surface area contributed by atoms with Crippen molar-refractivity contribution in [2.24, 2.45) is 0 Å². The fraction of sp³-hybridized carbons (Fsp3) is 0.462. The zero-order chi connectivity index (χ0) is 11.7. The summed E-state index contributed by atoms with van der Waals surface area (Å²) in [5.74, 6) is 0. The van der Waals surface area contributed by atoms with Crippen LogP contribution in [0.3, 0.4) is 0 Å². The second-order valence-electron chi connectivity index (χ2n) is 4.54. The Kier molecular flexibility index (Phi) is 2.73. The first-order valence-electron chi connectivity index (χ1n) is 6.11. The highest BCUT2D eigenvalue weighted by Gasteiger charge is 2.27. The Labute approximate surface area is 101 Å². The summed E-state index contributed by atoms with van der Waals surface area (Å²) in [5, 5.41) is 3.21. The smallest absolute Gasteiger partial charge is 0.411 e. The van der Waals surface area contributed by atoms with E-state index in [-0.39, 0.29) is 12.3 Å². The summed E-state index contributed by atoms with van der Waals surface area (Å²) in [4.78, 5) is 13.7. The lowest BCUT2D eigenvalue weighted by Crippen LogP contribution is -2.31.